The number of rotatable bonds is 9. The lowest BCUT2D eigenvalue weighted by Gasteiger charge is -2.13. The maximum absolute atomic E-state index is 12.6. The fourth-order valence-corrected chi connectivity index (χ4v) is 7.04. The van der Waals surface area contributed by atoms with Gasteiger partial charge in [0, 0.05) is 35.0 Å². The summed E-state index contributed by atoms with van der Waals surface area (Å²) in [5.41, 5.74) is 1.12. The maximum Gasteiger partial charge on any atom is 0.335 e. The van der Waals surface area contributed by atoms with Crippen molar-refractivity contribution in [3.05, 3.63) is 59.7 Å². The molecule has 0 saturated carbocycles. The molecule has 2 fully saturated rings. The summed E-state index contributed by atoms with van der Waals surface area (Å²) >= 11 is 0. The minimum atomic E-state index is -1.05. The number of carboxylic acids is 2. The van der Waals surface area contributed by atoms with Crippen molar-refractivity contribution in [1.82, 2.24) is 10.6 Å². The molecule has 2 heterocycles. The largest absolute Gasteiger partial charge is 0.478 e. The molecule has 0 bridgehead atoms. The summed E-state index contributed by atoms with van der Waals surface area (Å²) in [5, 5.41) is 30.7. The molecule has 190 valence electrons. The van der Waals surface area contributed by atoms with E-state index in [1.807, 2.05) is 0 Å². The van der Waals surface area contributed by atoms with Gasteiger partial charge in [-0.15, -0.1) is 0 Å². The van der Waals surface area contributed by atoms with Gasteiger partial charge in [-0.2, -0.15) is 0 Å². The molecule has 0 aliphatic carbocycles. The topological polar surface area (TPSA) is 157 Å². The van der Waals surface area contributed by atoms with Crippen molar-refractivity contribution in [3.8, 4) is 0 Å². The van der Waals surface area contributed by atoms with Crippen molar-refractivity contribution in [2.75, 3.05) is 23.7 Å². The van der Waals surface area contributed by atoms with Crippen LogP contribution in [0.1, 0.15) is 33.6 Å². The molecule has 2 saturated heterocycles. The zero-order chi connectivity index (χ0) is 25.7. The Bertz CT molecular complexity index is 1070. The van der Waals surface area contributed by atoms with E-state index >= 15 is 0 Å². The van der Waals surface area contributed by atoms with Gasteiger partial charge in [0.1, 0.15) is 0 Å². The molecule has 10 nitrogen and oxygen atoms in total. The van der Waals surface area contributed by atoms with Crippen LogP contribution in [0.25, 0.3) is 0 Å². The monoisotopic (exact) mass is 530 g/mol. The van der Waals surface area contributed by atoms with E-state index < -0.39 is 11.9 Å². The van der Waals surface area contributed by atoms with Crippen LogP contribution in [0, 0.1) is 0 Å². The van der Waals surface area contributed by atoms with Gasteiger partial charge in [-0.25, -0.2) is 9.59 Å². The van der Waals surface area contributed by atoms with Crippen molar-refractivity contribution in [1.29, 1.82) is 0 Å². The van der Waals surface area contributed by atoms with Crippen LogP contribution in [0.15, 0.2) is 48.5 Å². The van der Waals surface area contributed by atoms with E-state index in [0.717, 1.165) is 0 Å². The molecule has 2 aromatic rings. The highest BCUT2D eigenvalue weighted by Crippen LogP contribution is 2.38. The molecule has 2 aliphatic heterocycles. The number of carboxylic acid groups (broad SMARTS) is 2. The van der Waals surface area contributed by atoms with Crippen LogP contribution in [0.2, 0.25) is 0 Å². The Labute approximate surface area is 215 Å². The quantitative estimate of drug-likeness (QED) is 0.266. The lowest BCUT2D eigenvalue weighted by atomic mass is 10.1. The van der Waals surface area contributed by atoms with Gasteiger partial charge in [-0.3, -0.25) is 9.59 Å². The third-order valence-electron chi connectivity index (χ3n) is 5.90. The minimum absolute atomic E-state index is 0.114. The van der Waals surface area contributed by atoms with Crippen LogP contribution in [-0.4, -0.2) is 69.6 Å². The van der Waals surface area contributed by atoms with E-state index in [4.69, 9.17) is 10.2 Å². The molecule has 4 rings (SSSR count). The van der Waals surface area contributed by atoms with Gasteiger partial charge in [0.2, 0.25) is 11.8 Å². The van der Waals surface area contributed by atoms with Gasteiger partial charge in [0.05, 0.1) is 23.2 Å². The van der Waals surface area contributed by atoms with E-state index in [0.29, 0.717) is 37.3 Å². The molecule has 12 heteroatoms. The van der Waals surface area contributed by atoms with Crippen molar-refractivity contribution in [3.63, 3.8) is 0 Å². The highest BCUT2D eigenvalue weighted by molar-refractivity contribution is 8.77. The van der Waals surface area contributed by atoms with Crippen LogP contribution >= 0.6 is 21.6 Å². The Morgan fingerprint density at radius 2 is 1.14 bits per heavy atom. The summed E-state index contributed by atoms with van der Waals surface area (Å²) in [6, 6.07) is 11.6. The molecule has 4 atom stereocenters. The average Bonchev–Trinajstić information content (AvgIpc) is 3.53. The minimum Gasteiger partial charge on any atom is -0.478 e. The first-order valence-corrected chi connectivity index (χ1v) is 13.6. The third-order valence-corrected chi connectivity index (χ3v) is 9.24. The normalized spacial score (nSPS) is 23.2. The van der Waals surface area contributed by atoms with E-state index in [2.05, 4.69) is 21.3 Å². The Morgan fingerprint density at radius 3 is 1.53 bits per heavy atom. The lowest BCUT2D eigenvalue weighted by Crippen LogP contribution is -2.35. The Kier molecular flexibility index (Phi) is 8.52. The third kappa shape index (κ3) is 6.78. The zero-order valence-electron chi connectivity index (χ0n) is 19.1. The fourth-order valence-electron chi connectivity index (χ4n) is 4.03. The Balaban J connectivity index is 1.19. The van der Waals surface area contributed by atoms with Gasteiger partial charge in [-0.1, -0.05) is 33.7 Å². The molecule has 2 aliphatic rings. The molecular formula is C24H26N4O6S2. The number of hydrogen-bond donors (Lipinski definition) is 6. The summed E-state index contributed by atoms with van der Waals surface area (Å²) in [7, 11) is 3.39. The predicted octanol–water partition coefficient (Wildman–Crippen LogP) is 2.50. The van der Waals surface area contributed by atoms with E-state index in [9.17, 15) is 19.2 Å². The number of hydrogen-bond acceptors (Lipinski definition) is 8. The number of anilines is 2. The molecule has 0 spiro atoms. The predicted molar refractivity (Wildman–Crippen MR) is 140 cm³/mol. The number of nitrogens with one attached hydrogen (secondary N) is 4. The van der Waals surface area contributed by atoms with Crippen LogP contribution in [-0.2, 0) is 9.59 Å². The van der Waals surface area contributed by atoms with Gasteiger partial charge in [0.25, 0.3) is 0 Å². The number of aromatic carboxylic acids is 2. The van der Waals surface area contributed by atoms with E-state index in [-0.39, 0.29) is 45.5 Å². The Morgan fingerprint density at radius 1 is 0.722 bits per heavy atom. The summed E-state index contributed by atoms with van der Waals surface area (Å²) < 4.78 is 0. The summed E-state index contributed by atoms with van der Waals surface area (Å²) in [4.78, 5) is 47.4. The number of benzene rings is 2. The standard InChI is InChI=1S/C24H26N4O6S2/c29-21(27-15-5-1-3-13(7-15)23(31)32)19-9-17(11-25-19)35-36-18-10-20(26-12-18)22(30)28-16-6-2-4-14(8-16)24(33)34/h1-8,17-20,25-26H,9-12H2,(H,27,29)(H,28,30)(H,31,32)(H,33,34)/t17-,18+,19-,20-/m1/s1. The van der Waals surface area contributed by atoms with E-state index in [1.165, 1.54) is 24.3 Å². The Hall–Kier alpha value is -3.06. The molecule has 36 heavy (non-hydrogen) atoms. The van der Waals surface area contributed by atoms with Crippen LogP contribution in [0.5, 0.6) is 0 Å². The SMILES string of the molecule is O=C(O)c1cccc(NC(=O)[C@H]2C[C@H](SS[C@H]3CN[C@@H](C(=O)Nc4cccc(C(=O)O)c4)C3)CN2)c1. The highest BCUT2D eigenvalue weighted by atomic mass is 33.1. The second kappa shape index (κ2) is 11.8. The number of amides is 2. The van der Waals surface area contributed by atoms with Crippen LogP contribution in [0.4, 0.5) is 11.4 Å². The first-order chi connectivity index (χ1) is 17.3. The van der Waals surface area contributed by atoms with Crippen LogP contribution < -0.4 is 21.3 Å². The highest BCUT2D eigenvalue weighted by Gasteiger charge is 2.34. The summed E-state index contributed by atoms with van der Waals surface area (Å²) in [6.07, 6.45) is 1.29. The second-order valence-electron chi connectivity index (χ2n) is 8.58. The molecular weight excluding hydrogens is 504 g/mol. The first-order valence-electron chi connectivity index (χ1n) is 11.4. The van der Waals surface area contributed by atoms with Gasteiger partial charge in [-0.05, 0) is 49.2 Å². The van der Waals surface area contributed by atoms with Gasteiger partial charge < -0.3 is 31.5 Å². The lowest BCUT2D eigenvalue weighted by molar-refractivity contribution is -0.118. The smallest absolute Gasteiger partial charge is 0.335 e. The van der Waals surface area contributed by atoms with Crippen LogP contribution in [0.3, 0.4) is 0 Å². The zero-order valence-corrected chi connectivity index (χ0v) is 20.7. The van der Waals surface area contributed by atoms with Gasteiger partial charge in [0.15, 0.2) is 0 Å². The van der Waals surface area contributed by atoms with Crippen molar-refractivity contribution in [2.45, 2.75) is 35.4 Å². The molecule has 0 radical (unpaired) electrons. The van der Waals surface area contributed by atoms with Crippen molar-refractivity contribution < 1.29 is 29.4 Å². The number of carbonyl (C=O) groups excluding carboxylic acids is 2. The van der Waals surface area contributed by atoms with E-state index in [1.54, 1.807) is 45.9 Å². The summed E-state index contributed by atoms with van der Waals surface area (Å²) in [5.74, 6) is -2.49. The van der Waals surface area contributed by atoms with Gasteiger partial charge >= 0.3 is 11.9 Å². The number of carbonyl (C=O) groups is 4. The molecule has 2 aromatic carbocycles. The molecule has 6 N–H and O–H groups in total. The molecule has 0 aromatic heterocycles. The second-order valence-corrected chi connectivity index (χ2v) is 11.5. The maximum atomic E-state index is 12.6. The summed E-state index contributed by atoms with van der Waals surface area (Å²) in [6.45, 7) is 1.35. The molecule has 0 unspecified atom stereocenters. The fraction of sp³-hybridized carbons (Fsp3) is 0.333. The molecule has 2 amide bonds. The van der Waals surface area contributed by atoms with Crippen molar-refractivity contribution in [2.24, 2.45) is 0 Å². The average molecular weight is 531 g/mol. The van der Waals surface area contributed by atoms with Crippen molar-refractivity contribution >= 4 is 56.7 Å². The first kappa shape index (κ1) is 26.0.